The number of hydrogen-bond acceptors (Lipinski definition) is 8. The molecule has 2 aromatic heterocycles. The summed E-state index contributed by atoms with van der Waals surface area (Å²) in [6, 6.07) is 9.53. The van der Waals surface area contributed by atoms with Crippen LogP contribution in [0.1, 0.15) is 12.1 Å². The van der Waals surface area contributed by atoms with Crippen LogP contribution in [-0.4, -0.2) is 76.9 Å². The van der Waals surface area contributed by atoms with Crippen molar-refractivity contribution >= 4 is 38.3 Å². The Morgan fingerprint density at radius 2 is 1.98 bits per heavy atom. The molecule has 10 nitrogen and oxygen atoms in total. The van der Waals surface area contributed by atoms with E-state index in [1.165, 1.54) is 41.3 Å². The van der Waals surface area contributed by atoms with Gasteiger partial charge in [-0.05, 0) is 43.3 Å². The first-order valence-corrected chi connectivity index (χ1v) is 14.0. The molecule has 0 radical (unpaired) electrons. The molecule has 212 valence electrons. The lowest BCUT2D eigenvalue weighted by Crippen LogP contribution is -2.54. The number of H-pyrrole nitrogens is 1. The van der Waals surface area contributed by atoms with Crippen molar-refractivity contribution in [3.05, 3.63) is 59.0 Å². The van der Waals surface area contributed by atoms with Gasteiger partial charge in [-0.1, -0.05) is 17.7 Å². The van der Waals surface area contributed by atoms with Gasteiger partial charge in [-0.25, -0.2) is 26.6 Å². The van der Waals surface area contributed by atoms with E-state index in [0.29, 0.717) is 23.2 Å². The number of piperidine rings is 1. The number of fused-ring (bicyclic) bond motifs is 1. The van der Waals surface area contributed by atoms with Crippen molar-refractivity contribution in [3.63, 3.8) is 0 Å². The Balaban J connectivity index is 1.42. The number of aryl methyl sites for hydroxylation is 1. The van der Waals surface area contributed by atoms with Gasteiger partial charge in [-0.3, -0.25) is 14.7 Å². The third kappa shape index (κ3) is 5.57. The van der Waals surface area contributed by atoms with Gasteiger partial charge in [0.25, 0.3) is 15.9 Å². The number of benzene rings is 2. The lowest BCUT2D eigenvalue weighted by atomic mass is 10.0. The van der Waals surface area contributed by atoms with Crippen LogP contribution in [0.4, 0.5) is 18.9 Å². The fourth-order valence-electron chi connectivity index (χ4n) is 4.45. The summed E-state index contributed by atoms with van der Waals surface area (Å²) in [6.45, 7) is 1.36. The highest BCUT2D eigenvalue weighted by Crippen LogP contribution is 2.35. The number of aliphatic hydroxyl groups excluding tert-OH is 1. The van der Waals surface area contributed by atoms with Crippen molar-refractivity contribution < 1.29 is 31.4 Å². The van der Waals surface area contributed by atoms with Crippen LogP contribution in [-0.2, 0) is 10.0 Å². The molecule has 0 aliphatic carbocycles. The van der Waals surface area contributed by atoms with Gasteiger partial charge in [-0.15, -0.1) is 0 Å². The van der Waals surface area contributed by atoms with Crippen LogP contribution in [0.15, 0.2) is 47.4 Å². The Morgan fingerprint density at radius 1 is 1.23 bits per heavy atom. The zero-order valence-corrected chi connectivity index (χ0v) is 22.6. The van der Waals surface area contributed by atoms with Crippen molar-refractivity contribution in [3.8, 4) is 17.3 Å². The molecule has 15 heteroatoms. The summed E-state index contributed by atoms with van der Waals surface area (Å²) in [5.41, 5.74) is 1.31. The minimum atomic E-state index is -4.27. The number of aliphatic hydroxyl groups is 1. The van der Waals surface area contributed by atoms with Gasteiger partial charge in [0.15, 0.2) is 23.4 Å². The summed E-state index contributed by atoms with van der Waals surface area (Å²) in [4.78, 5) is 9.71. The van der Waals surface area contributed by atoms with E-state index < -0.39 is 39.3 Å². The number of ether oxygens (including phenoxy) is 1. The van der Waals surface area contributed by atoms with E-state index in [-0.39, 0.29) is 47.6 Å². The molecule has 3 heterocycles. The zero-order valence-electron chi connectivity index (χ0n) is 21.0. The monoisotopic (exact) mass is 596 g/mol. The van der Waals surface area contributed by atoms with Crippen LogP contribution < -0.4 is 9.46 Å². The molecular formula is C25H24ClF3N6O4S. The molecule has 0 unspecified atom stereocenters. The van der Waals surface area contributed by atoms with Gasteiger partial charge < -0.3 is 9.84 Å². The predicted molar refractivity (Wildman–Crippen MR) is 142 cm³/mol. The molecule has 5 rings (SSSR count). The predicted octanol–water partition coefficient (Wildman–Crippen LogP) is 4.00. The second-order valence-electron chi connectivity index (χ2n) is 9.28. The molecule has 1 atom stereocenters. The van der Waals surface area contributed by atoms with Crippen molar-refractivity contribution in [2.75, 3.05) is 31.0 Å². The molecule has 0 saturated carbocycles. The molecule has 0 amide bonds. The van der Waals surface area contributed by atoms with Gasteiger partial charge in [-0.2, -0.15) is 10.1 Å². The average molecular weight is 597 g/mol. The van der Waals surface area contributed by atoms with Gasteiger partial charge in [0.1, 0.15) is 10.3 Å². The summed E-state index contributed by atoms with van der Waals surface area (Å²) in [5.74, 6) is -4.19. The molecular weight excluding hydrogens is 573 g/mol. The number of nitrogens with zero attached hydrogens (tertiary/aromatic N) is 4. The molecule has 1 aliphatic heterocycles. The van der Waals surface area contributed by atoms with Gasteiger partial charge in [0.2, 0.25) is 5.88 Å². The van der Waals surface area contributed by atoms with E-state index in [2.05, 4.69) is 24.9 Å². The smallest absolute Gasteiger partial charge is 0.296 e. The Hall–Kier alpha value is -3.46. The number of halogens is 4. The summed E-state index contributed by atoms with van der Waals surface area (Å²) in [7, 11) is -4.27. The molecule has 1 saturated heterocycles. The Kier molecular flexibility index (Phi) is 7.61. The van der Waals surface area contributed by atoms with E-state index >= 15 is 0 Å². The third-order valence-corrected chi connectivity index (χ3v) is 8.14. The number of β-amino-alcohol motifs (C(OH)–C–C–N with tert-alkyl or cyclic N) is 1. The fraction of sp³-hybridized carbons (Fsp3) is 0.320. The summed E-state index contributed by atoms with van der Waals surface area (Å²) in [6.07, 6.45) is -1.43. The summed E-state index contributed by atoms with van der Waals surface area (Å²) < 4.78 is 77.6. The number of rotatable bonds is 8. The first-order chi connectivity index (χ1) is 19.0. The van der Waals surface area contributed by atoms with Crippen LogP contribution in [0.25, 0.3) is 22.4 Å². The highest BCUT2D eigenvalue weighted by atomic mass is 35.5. The fourth-order valence-corrected chi connectivity index (χ4v) is 5.84. The van der Waals surface area contributed by atoms with Crippen molar-refractivity contribution in [2.24, 2.45) is 0 Å². The van der Waals surface area contributed by atoms with Crippen molar-refractivity contribution in [1.82, 2.24) is 25.1 Å². The molecule has 2 aromatic carbocycles. The van der Waals surface area contributed by atoms with Crippen LogP contribution in [0.3, 0.4) is 0 Å². The maximum absolute atomic E-state index is 14.9. The Bertz CT molecular complexity index is 1650. The second kappa shape index (κ2) is 10.8. The maximum atomic E-state index is 14.9. The number of alkyl halides is 2. The first-order valence-electron chi connectivity index (χ1n) is 12.2. The van der Waals surface area contributed by atoms with E-state index in [9.17, 15) is 21.6 Å². The second-order valence-corrected chi connectivity index (χ2v) is 11.3. The number of hydrogen-bond donors (Lipinski definition) is 3. The van der Waals surface area contributed by atoms with Gasteiger partial charge in [0, 0.05) is 30.8 Å². The van der Waals surface area contributed by atoms with Crippen LogP contribution in [0.2, 0.25) is 5.02 Å². The third-order valence-electron chi connectivity index (χ3n) is 6.45. The number of anilines is 1. The average Bonchev–Trinajstić information content (AvgIpc) is 3.28. The quantitative estimate of drug-likeness (QED) is 0.278. The largest absolute Gasteiger partial charge is 0.467 e. The standard InChI is InChI=1S/C25H24ClF3N6O4S/c1-14-20-23(33-32-14)30-22(31-24(20)39-19-9-10-35(11-12-36)13-25(19,28)29)15-5-7-16(8-6-15)34-40(37,38)18-4-2-3-17(26)21(18)27/h2-8,19,34,36H,9-13H2,1H3,(H,30,31,32,33)/t19-/m1/s1. The van der Waals surface area contributed by atoms with Crippen LogP contribution >= 0.6 is 11.6 Å². The lowest BCUT2D eigenvalue weighted by molar-refractivity contribution is -0.141. The number of aromatic amines is 1. The van der Waals surface area contributed by atoms with Crippen LogP contribution in [0, 0.1) is 12.7 Å². The Morgan fingerprint density at radius 3 is 2.67 bits per heavy atom. The molecule has 1 fully saturated rings. The lowest BCUT2D eigenvalue weighted by Gasteiger charge is -2.37. The van der Waals surface area contributed by atoms with E-state index in [1.54, 1.807) is 6.92 Å². The summed E-state index contributed by atoms with van der Waals surface area (Å²) in [5, 5.41) is 16.0. The molecule has 3 N–H and O–H groups in total. The van der Waals surface area contributed by atoms with Crippen LogP contribution in [0.5, 0.6) is 5.88 Å². The minimum Gasteiger partial charge on any atom is -0.467 e. The van der Waals surface area contributed by atoms with E-state index in [1.807, 2.05) is 0 Å². The normalized spacial score (nSPS) is 17.7. The van der Waals surface area contributed by atoms with Gasteiger partial charge >= 0.3 is 0 Å². The molecule has 40 heavy (non-hydrogen) atoms. The molecule has 4 aromatic rings. The van der Waals surface area contributed by atoms with Crippen molar-refractivity contribution in [1.29, 1.82) is 0 Å². The van der Waals surface area contributed by atoms with Gasteiger partial charge in [0.05, 0.1) is 23.9 Å². The van der Waals surface area contributed by atoms with E-state index in [4.69, 9.17) is 21.4 Å². The Labute approximate surface area is 232 Å². The van der Waals surface area contributed by atoms with Crippen molar-refractivity contribution in [2.45, 2.75) is 30.3 Å². The van der Waals surface area contributed by atoms with E-state index in [0.717, 1.165) is 6.07 Å². The molecule has 1 aliphatic rings. The first kappa shape index (κ1) is 28.1. The highest BCUT2D eigenvalue weighted by Gasteiger charge is 2.46. The zero-order chi connectivity index (χ0) is 28.7. The number of likely N-dealkylation sites (tertiary alicyclic amines) is 1. The number of sulfonamides is 1. The number of nitrogens with one attached hydrogen (secondary N) is 2. The summed E-state index contributed by atoms with van der Waals surface area (Å²) >= 11 is 5.71. The minimum absolute atomic E-state index is 0.0206. The number of aromatic nitrogens is 4. The highest BCUT2D eigenvalue weighted by molar-refractivity contribution is 7.92. The molecule has 0 bridgehead atoms. The topological polar surface area (TPSA) is 133 Å². The maximum Gasteiger partial charge on any atom is 0.296 e. The SMILES string of the molecule is Cc1n[nH]c2nc(-c3ccc(NS(=O)(=O)c4cccc(Cl)c4F)cc3)nc(O[C@@H]3CCN(CCO)CC3(F)F)c12. The molecule has 0 spiro atoms.